The summed E-state index contributed by atoms with van der Waals surface area (Å²) in [4.78, 5) is 65.4. The minimum absolute atomic E-state index is 0.216. The molecule has 4 aromatic rings. The van der Waals surface area contributed by atoms with Crippen LogP contribution in [0.25, 0.3) is 11.2 Å². The number of amides is 3. The molecule has 0 spiro atoms. The van der Waals surface area contributed by atoms with Gasteiger partial charge in [0, 0.05) is 19.5 Å². The van der Waals surface area contributed by atoms with E-state index < -0.39 is 29.7 Å². The van der Waals surface area contributed by atoms with Crippen molar-refractivity contribution in [2.75, 3.05) is 12.3 Å². The first kappa shape index (κ1) is 33.8. The molecule has 2 aromatic heterocycles. The van der Waals surface area contributed by atoms with Crippen molar-refractivity contribution >= 4 is 40.5 Å². The van der Waals surface area contributed by atoms with E-state index in [1.54, 1.807) is 13.3 Å². The predicted molar refractivity (Wildman–Crippen MR) is 175 cm³/mol. The molecule has 12 heteroatoms. The molecule has 0 aliphatic carbocycles. The van der Waals surface area contributed by atoms with Gasteiger partial charge in [0.25, 0.3) is 5.91 Å². The van der Waals surface area contributed by atoms with Gasteiger partial charge in [-0.25, -0.2) is 15.0 Å². The Hall–Kier alpha value is -5.13. The molecular weight excluding hydrogens is 584 g/mol. The molecule has 4 rings (SSSR count). The summed E-state index contributed by atoms with van der Waals surface area (Å²) < 4.78 is 1.82. The lowest BCUT2D eigenvalue weighted by molar-refractivity contribution is -0.140. The summed E-state index contributed by atoms with van der Waals surface area (Å²) >= 11 is 0. The zero-order chi connectivity index (χ0) is 33.1. The highest BCUT2D eigenvalue weighted by atomic mass is 16.2. The van der Waals surface area contributed by atoms with E-state index in [0.29, 0.717) is 48.6 Å². The Morgan fingerprint density at radius 3 is 2.20 bits per heavy atom. The molecule has 0 fully saturated rings. The first-order valence-corrected chi connectivity index (χ1v) is 15.6. The van der Waals surface area contributed by atoms with Crippen LogP contribution in [-0.4, -0.2) is 61.7 Å². The van der Waals surface area contributed by atoms with Crippen LogP contribution in [0, 0.1) is 12.8 Å². The number of nitrogens with one attached hydrogen (secondary N) is 3. The van der Waals surface area contributed by atoms with Crippen LogP contribution in [0.4, 0.5) is 5.82 Å². The Morgan fingerprint density at radius 1 is 0.891 bits per heavy atom. The summed E-state index contributed by atoms with van der Waals surface area (Å²) in [5.41, 5.74) is 9.04. The molecule has 242 valence electrons. The van der Waals surface area contributed by atoms with E-state index in [1.807, 2.05) is 79.1 Å². The molecule has 2 heterocycles. The maximum Gasteiger partial charge on any atom is 0.289 e. The molecule has 3 amide bonds. The van der Waals surface area contributed by atoms with Gasteiger partial charge in [-0.2, -0.15) is 0 Å². The number of benzene rings is 2. The fourth-order valence-corrected chi connectivity index (χ4v) is 5.11. The van der Waals surface area contributed by atoms with Crippen LogP contribution < -0.4 is 21.7 Å². The summed E-state index contributed by atoms with van der Waals surface area (Å²) in [5.74, 6) is -1.72. The lowest BCUT2D eigenvalue weighted by Gasteiger charge is -2.25. The van der Waals surface area contributed by atoms with E-state index in [0.717, 1.165) is 11.1 Å². The summed E-state index contributed by atoms with van der Waals surface area (Å²) in [7, 11) is 0. The Morgan fingerprint density at radius 2 is 1.54 bits per heavy atom. The van der Waals surface area contributed by atoms with Crippen molar-refractivity contribution in [3.05, 3.63) is 83.9 Å². The number of carbonyl (C=O) groups is 4. The van der Waals surface area contributed by atoms with Crippen LogP contribution in [0.5, 0.6) is 0 Å². The fourth-order valence-electron chi connectivity index (χ4n) is 5.11. The van der Waals surface area contributed by atoms with Crippen molar-refractivity contribution in [2.24, 2.45) is 5.92 Å². The quantitative estimate of drug-likeness (QED) is 0.108. The first-order chi connectivity index (χ1) is 22.1. The number of ketones is 1. The highest BCUT2D eigenvalue weighted by molar-refractivity contribution is 6.38. The van der Waals surface area contributed by atoms with Crippen molar-refractivity contribution in [2.45, 2.75) is 71.5 Å². The number of aryl methyl sites for hydroxylation is 4. The molecule has 46 heavy (non-hydrogen) atoms. The Balaban J connectivity index is 1.36. The van der Waals surface area contributed by atoms with Crippen LogP contribution in [0.15, 0.2) is 67.0 Å². The monoisotopic (exact) mass is 626 g/mol. The van der Waals surface area contributed by atoms with Crippen molar-refractivity contribution < 1.29 is 19.2 Å². The van der Waals surface area contributed by atoms with Crippen molar-refractivity contribution in [3.8, 4) is 0 Å². The third-order valence-electron chi connectivity index (χ3n) is 7.63. The minimum atomic E-state index is -1.07. The molecule has 0 saturated carbocycles. The number of Topliss-reactive ketones (excluding diaryl/α,β-unsaturated/α-hetero) is 1. The molecule has 12 nitrogen and oxygen atoms in total. The molecule has 1 unspecified atom stereocenters. The van der Waals surface area contributed by atoms with Crippen LogP contribution in [0.1, 0.15) is 50.1 Å². The van der Waals surface area contributed by atoms with Gasteiger partial charge < -0.3 is 26.3 Å². The molecule has 0 bridgehead atoms. The van der Waals surface area contributed by atoms with Crippen LogP contribution >= 0.6 is 0 Å². The standard InChI is InChI=1S/C34H42N8O4/c1-22(2)28(41-27(43)18-16-25-13-8-5-9-14-25)33(45)40-26(17-15-24-11-6-4-7-12-24)30(44)34(46)36-19-10-20-42-21-37-29-31(35)38-23(3)39-32(29)42/h4-9,11-14,21-22,26,28H,10,15-20H2,1-3H3,(H,36,46)(H,40,45)(H,41,43)(H2,35,38,39)/t26?,28-/m0/s1. The van der Waals surface area contributed by atoms with Crippen molar-refractivity contribution in [1.29, 1.82) is 0 Å². The first-order valence-electron chi connectivity index (χ1n) is 15.6. The van der Waals surface area contributed by atoms with Gasteiger partial charge in [-0.1, -0.05) is 74.5 Å². The molecule has 2 atom stereocenters. The van der Waals surface area contributed by atoms with Gasteiger partial charge in [0.15, 0.2) is 11.5 Å². The van der Waals surface area contributed by atoms with Crippen LogP contribution in [-0.2, 0) is 38.6 Å². The third-order valence-corrected chi connectivity index (χ3v) is 7.63. The van der Waals surface area contributed by atoms with Gasteiger partial charge in [-0.15, -0.1) is 0 Å². The second-order valence-electron chi connectivity index (χ2n) is 11.6. The lowest BCUT2D eigenvalue weighted by atomic mass is 9.98. The van der Waals surface area contributed by atoms with E-state index in [-0.39, 0.29) is 31.2 Å². The largest absolute Gasteiger partial charge is 0.382 e. The number of rotatable bonds is 16. The van der Waals surface area contributed by atoms with E-state index in [2.05, 4.69) is 30.9 Å². The van der Waals surface area contributed by atoms with Crippen LogP contribution in [0.3, 0.4) is 0 Å². The van der Waals surface area contributed by atoms with Gasteiger partial charge in [0.05, 0.1) is 12.4 Å². The predicted octanol–water partition coefficient (Wildman–Crippen LogP) is 2.68. The molecule has 2 aromatic carbocycles. The lowest BCUT2D eigenvalue weighted by Crippen LogP contribution is -2.55. The fraction of sp³-hybridized carbons (Fsp3) is 0.382. The second kappa shape index (κ2) is 16.3. The van der Waals surface area contributed by atoms with Gasteiger partial charge >= 0.3 is 0 Å². The average Bonchev–Trinajstić information content (AvgIpc) is 3.46. The molecule has 5 N–H and O–H groups in total. The number of hydrogen-bond donors (Lipinski definition) is 4. The molecule has 0 saturated heterocycles. The van der Waals surface area contributed by atoms with Crippen molar-refractivity contribution in [3.63, 3.8) is 0 Å². The Kier molecular flexibility index (Phi) is 11.9. The van der Waals surface area contributed by atoms with E-state index in [9.17, 15) is 19.2 Å². The number of aromatic nitrogens is 4. The number of nitrogens with two attached hydrogens (primary N) is 1. The van der Waals surface area contributed by atoms with Gasteiger partial charge in [0.1, 0.15) is 17.4 Å². The SMILES string of the molecule is Cc1nc(N)c2ncn(CCCNC(=O)C(=O)C(CCc3ccccc3)NC(=O)[C@@H](NC(=O)CCc3ccccc3)C(C)C)c2n1. The summed E-state index contributed by atoms with van der Waals surface area (Å²) in [6, 6.07) is 17.2. The summed E-state index contributed by atoms with van der Waals surface area (Å²) in [6.45, 7) is 6.08. The number of imidazole rings is 1. The number of fused-ring (bicyclic) bond motifs is 1. The van der Waals surface area contributed by atoms with Gasteiger partial charge in [-0.05, 0) is 49.7 Å². The van der Waals surface area contributed by atoms with E-state index >= 15 is 0 Å². The second-order valence-corrected chi connectivity index (χ2v) is 11.6. The molecule has 0 aliphatic heterocycles. The van der Waals surface area contributed by atoms with E-state index in [1.165, 1.54) is 0 Å². The molecule has 0 aliphatic rings. The minimum Gasteiger partial charge on any atom is -0.382 e. The van der Waals surface area contributed by atoms with Crippen molar-refractivity contribution in [1.82, 2.24) is 35.5 Å². The van der Waals surface area contributed by atoms with Crippen LogP contribution in [0.2, 0.25) is 0 Å². The zero-order valence-corrected chi connectivity index (χ0v) is 26.5. The third kappa shape index (κ3) is 9.43. The number of anilines is 1. The molecular formula is C34H42N8O4. The number of hydrogen-bond acceptors (Lipinski definition) is 8. The molecule has 0 radical (unpaired) electrons. The zero-order valence-electron chi connectivity index (χ0n) is 26.5. The Bertz CT molecular complexity index is 1640. The smallest absolute Gasteiger partial charge is 0.289 e. The topological polar surface area (TPSA) is 174 Å². The summed E-state index contributed by atoms with van der Waals surface area (Å²) in [5, 5.41) is 8.27. The highest BCUT2D eigenvalue weighted by Gasteiger charge is 2.31. The highest BCUT2D eigenvalue weighted by Crippen LogP contribution is 2.16. The number of carbonyl (C=O) groups excluding carboxylic acids is 4. The number of nitrogen functional groups attached to an aromatic ring is 1. The van der Waals surface area contributed by atoms with E-state index in [4.69, 9.17) is 5.73 Å². The maximum absolute atomic E-state index is 13.5. The van der Waals surface area contributed by atoms with Gasteiger partial charge in [0.2, 0.25) is 17.6 Å². The maximum atomic E-state index is 13.5. The average molecular weight is 627 g/mol. The summed E-state index contributed by atoms with van der Waals surface area (Å²) in [6.07, 6.45) is 3.56. The number of nitrogens with zero attached hydrogens (tertiary/aromatic N) is 4. The Labute approximate surface area is 268 Å². The normalized spacial score (nSPS) is 12.4. The van der Waals surface area contributed by atoms with Gasteiger partial charge in [-0.3, -0.25) is 19.2 Å².